The maximum atomic E-state index is 6.16. The summed E-state index contributed by atoms with van der Waals surface area (Å²) in [4.78, 5) is 0. The van der Waals surface area contributed by atoms with Crippen molar-refractivity contribution >= 4 is 21.9 Å². The number of rotatable bonds is 2. The van der Waals surface area contributed by atoms with Crippen LogP contribution in [0, 0.1) is 0 Å². The molecule has 96 valence electrons. The van der Waals surface area contributed by atoms with Gasteiger partial charge in [0.2, 0.25) is 0 Å². The van der Waals surface area contributed by atoms with Crippen molar-refractivity contribution in [3.8, 4) is 0 Å². The zero-order valence-electron chi connectivity index (χ0n) is 11.4. The Kier molecular flexibility index (Phi) is 2.26. The molecule has 0 atom stereocenters. The van der Waals surface area contributed by atoms with Crippen LogP contribution in [0.3, 0.4) is 0 Å². The lowest BCUT2D eigenvalue weighted by Gasteiger charge is -2.04. The number of fused-ring (bicyclic) bond motifs is 3. The molecule has 0 amide bonds. The molecule has 1 aliphatic carbocycles. The van der Waals surface area contributed by atoms with Crippen LogP contribution in [-0.2, 0) is 0 Å². The molecule has 0 N–H and O–H groups in total. The maximum absolute atomic E-state index is 6.16. The zero-order valence-corrected chi connectivity index (χ0v) is 11.4. The molecule has 0 aliphatic heterocycles. The van der Waals surface area contributed by atoms with E-state index in [2.05, 4.69) is 50.2 Å². The lowest BCUT2D eigenvalue weighted by Crippen LogP contribution is -1.86. The minimum atomic E-state index is 0.493. The van der Waals surface area contributed by atoms with E-state index in [1.165, 1.54) is 34.7 Å². The van der Waals surface area contributed by atoms with Crippen molar-refractivity contribution in [3.63, 3.8) is 0 Å². The van der Waals surface area contributed by atoms with Crippen LogP contribution in [-0.4, -0.2) is 0 Å². The summed E-state index contributed by atoms with van der Waals surface area (Å²) in [7, 11) is 0. The van der Waals surface area contributed by atoms with E-state index in [4.69, 9.17) is 4.42 Å². The summed E-state index contributed by atoms with van der Waals surface area (Å²) in [6.07, 6.45) is 2.67. The highest BCUT2D eigenvalue weighted by molar-refractivity contribution is 6.06. The van der Waals surface area contributed by atoms with Gasteiger partial charge in [0, 0.05) is 10.8 Å². The first kappa shape index (κ1) is 11.1. The minimum Gasteiger partial charge on any atom is -0.456 e. The standard InChI is InChI=1S/C18H18O/c1-11(2)14-4-3-5-16-15-9-8-13(12-6-7-12)10-17(15)19-18(14)16/h3-5,8-12H,6-7H2,1-2H3. The predicted octanol–water partition coefficient (Wildman–Crippen LogP) is 5.59. The molecule has 4 rings (SSSR count). The summed E-state index contributed by atoms with van der Waals surface area (Å²) in [5.74, 6) is 1.27. The van der Waals surface area contributed by atoms with Crippen molar-refractivity contribution in [2.75, 3.05) is 0 Å². The van der Waals surface area contributed by atoms with Gasteiger partial charge in [-0.05, 0) is 41.9 Å². The number of hydrogen-bond acceptors (Lipinski definition) is 1. The number of benzene rings is 2. The van der Waals surface area contributed by atoms with Gasteiger partial charge >= 0.3 is 0 Å². The van der Waals surface area contributed by atoms with Gasteiger partial charge in [-0.25, -0.2) is 0 Å². The van der Waals surface area contributed by atoms with Crippen molar-refractivity contribution in [2.24, 2.45) is 0 Å². The molecule has 0 saturated heterocycles. The summed E-state index contributed by atoms with van der Waals surface area (Å²) in [5.41, 5.74) is 4.87. The second kappa shape index (κ2) is 3.86. The fraction of sp³-hybridized carbons (Fsp3) is 0.333. The summed E-state index contributed by atoms with van der Waals surface area (Å²) in [6, 6.07) is 13.2. The quantitative estimate of drug-likeness (QED) is 0.578. The Hall–Kier alpha value is -1.76. The van der Waals surface area contributed by atoms with Gasteiger partial charge in [-0.3, -0.25) is 0 Å². The van der Waals surface area contributed by atoms with Crippen LogP contribution in [0.4, 0.5) is 0 Å². The molecule has 1 saturated carbocycles. The Balaban J connectivity index is 2.02. The molecule has 1 aromatic heterocycles. The zero-order chi connectivity index (χ0) is 13.0. The highest BCUT2D eigenvalue weighted by Crippen LogP contribution is 2.42. The maximum Gasteiger partial charge on any atom is 0.138 e. The van der Waals surface area contributed by atoms with E-state index in [1.54, 1.807) is 0 Å². The molecule has 0 bridgehead atoms. The number of furan rings is 1. The second-order valence-corrected chi connectivity index (χ2v) is 6.01. The topological polar surface area (TPSA) is 13.1 Å². The van der Waals surface area contributed by atoms with Gasteiger partial charge in [0.25, 0.3) is 0 Å². The van der Waals surface area contributed by atoms with Crippen molar-refractivity contribution in [1.29, 1.82) is 0 Å². The molecular weight excluding hydrogens is 232 g/mol. The fourth-order valence-corrected chi connectivity index (χ4v) is 2.96. The molecular formula is C18H18O. The highest BCUT2D eigenvalue weighted by Gasteiger charge is 2.24. The van der Waals surface area contributed by atoms with Gasteiger partial charge in [0.05, 0.1) is 0 Å². The SMILES string of the molecule is CC(C)c1cccc2c1oc1cc(C3CC3)ccc12. The van der Waals surface area contributed by atoms with Crippen LogP contribution in [0.25, 0.3) is 21.9 Å². The summed E-state index contributed by atoms with van der Waals surface area (Å²) in [5, 5.41) is 2.51. The van der Waals surface area contributed by atoms with Crippen molar-refractivity contribution < 1.29 is 4.42 Å². The largest absolute Gasteiger partial charge is 0.456 e. The monoisotopic (exact) mass is 250 g/mol. The molecule has 1 heteroatoms. The smallest absolute Gasteiger partial charge is 0.138 e. The first-order valence-corrected chi connectivity index (χ1v) is 7.19. The Labute approximate surface area is 113 Å². The number of para-hydroxylation sites is 1. The van der Waals surface area contributed by atoms with Gasteiger partial charge in [-0.15, -0.1) is 0 Å². The first-order valence-electron chi connectivity index (χ1n) is 7.19. The fourth-order valence-electron chi connectivity index (χ4n) is 2.96. The first-order chi connectivity index (χ1) is 9.24. The van der Waals surface area contributed by atoms with Crippen LogP contribution in [0.5, 0.6) is 0 Å². The Bertz CT molecular complexity index is 760. The highest BCUT2D eigenvalue weighted by atomic mass is 16.3. The molecule has 19 heavy (non-hydrogen) atoms. The molecule has 2 aromatic carbocycles. The molecule has 1 nitrogen and oxygen atoms in total. The Morgan fingerprint density at radius 1 is 1.05 bits per heavy atom. The van der Waals surface area contributed by atoms with Crippen LogP contribution < -0.4 is 0 Å². The summed E-state index contributed by atoms with van der Waals surface area (Å²) < 4.78 is 6.16. The Morgan fingerprint density at radius 2 is 1.89 bits per heavy atom. The van der Waals surface area contributed by atoms with Gasteiger partial charge in [0.1, 0.15) is 11.2 Å². The van der Waals surface area contributed by atoms with E-state index < -0.39 is 0 Å². The van der Waals surface area contributed by atoms with Crippen molar-refractivity contribution in [2.45, 2.75) is 38.5 Å². The molecule has 0 radical (unpaired) electrons. The Morgan fingerprint density at radius 3 is 2.63 bits per heavy atom. The normalized spacial score (nSPS) is 15.7. The third kappa shape index (κ3) is 1.68. The molecule has 0 spiro atoms. The van der Waals surface area contributed by atoms with E-state index >= 15 is 0 Å². The lowest BCUT2D eigenvalue weighted by atomic mass is 10.00. The van der Waals surface area contributed by atoms with Crippen molar-refractivity contribution in [1.82, 2.24) is 0 Å². The molecule has 0 unspecified atom stereocenters. The predicted molar refractivity (Wildman–Crippen MR) is 79.8 cm³/mol. The van der Waals surface area contributed by atoms with Gasteiger partial charge in [0.15, 0.2) is 0 Å². The molecule has 3 aromatic rings. The van der Waals surface area contributed by atoms with E-state index in [1.807, 2.05) is 0 Å². The summed E-state index contributed by atoms with van der Waals surface area (Å²) >= 11 is 0. The van der Waals surface area contributed by atoms with Crippen LogP contribution in [0.15, 0.2) is 40.8 Å². The molecule has 1 fully saturated rings. The molecule has 1 aliphatic rings. The van der Waals surface area contributed by atoms with Gasteiger partial charge in [-0.1, -0.05) is 44.2 Å². The second-order valence-electron chi connectivity index (χ2n) is 6.01. The average molecular weight is 250 g/mol. The average Bonchev–Trinajstić information content (AvgIpc) is 3.18. The van der Waals surface area contributed by atoms with Gasteiger partial charge < -0.3 is 4.42 Å². The van der Waals surface area contributed by atoms with E-state index in [-0.39, 0.29) is 0 Å². The molecule has 1 heterocycles. The van der Waals surface area contributed by atoms with E-state index in [0.29, 0.717) is 5.92 Å². The van der Waals surface area contributed by atoms with E-state index in [9.17, 15) is 0 Å². The number of hydrogen-bond donors (Lipinski definition) is 0. The summed E-state index contributed by atoms with van der Waals surface area (Å²) in [6.45, 7) is 4.44. The van der Waals surface area contributed by atoms with Crippen LogP contribution >= 0.6 is 0 Å². The van der Waals surface area contributed by atoms with Crippen LogP contribution in [0.1, 0.15) is 49.7 Å². The third-order valence-corrected chi connectivity index (χ3v) is 4.22. The lowest BCUT2D eigenvalue weighted by molar-refractivity contribution is 0.656. The van der Waals surface area contributed by atoms with Gasteiger partial charge in [-0.2, -0.15) is 0 Å². The van der Waals surface area contributed by atoms with Crippen LogP contribution in [0.2, 0.25) is 0 Å². The third-order valence-electron chi connectivity index (χ3n) is 4.22. The van der Waals surface area contributed by atoms with Crippen molar-refractivity contribution in [3.05, 3.63) is 47.5 Å². The van der Waals surface area contributed by atoms with E-state index in [0.717, 1.165) is 17.1 Å². The minimum absolute atomic E-state index is 0.493.